The van der Waals surface area contributed by atoms with E-state index in [9.17, 15) is 9.59 Å². The summed E-state index contributed by atoms with van der Waals surface area (Å²) in [5, 5.41) is 2.92. The Morgan fingerprint density at radius 2 is 2.19 bits per heavy atom. The van der Waals surface area contributed by atoms with Crippen molar-refractivity contribution in [3.63, 3.8) is 0 Å². The molecular formula is C16H20N2O3. The lowest BCUT2D eigenvalue weighted by atomic mass is 10.2. The predicted molar refractivity (Wildman–Crippen MR) is 80.5 cm³/mol. The van der Waals surface area contributed by atoms with Crippen LogP contribution in [0.3, 0.4) is 0 Å². The molecular weight excluding hydrogens is 268 g/mol. The second kappa shape index (κ2) is 5.39. The van der Waals surface area contributed by atoms with Crippen LogP contribution in [0, 0.1) is 11.8 Å². The second-order valence-electron chi connectivity index (χ2n) is 5.84. The number of hydrogen-bond donors (Lipinski definition) is 1. The molecule has 3 rings (SSSR count). The third kappa shape index (κ3) is 2.73. The molecule has 2 aliphatic rings. The van der Waals surface area contributed by atoms with Crippen LogP contribution in [-0.2, 0) is 9.59 Å². The molecule has 1 saturated heterocycles. The van der Waals surface area contributed by atoms with Crippen LogP contribution in [-0.4, -0.2) is 25.5 Å². The largest absolute Gasteiger partial charge is 0.494 e. The van der Waals surface area contributed by atoms with Gasteiger partial charge in [-0.2, -0.15) is 0 Å². The number of anilines is 2. The highest BCUT2D eigenvalue weighted by Crippen LogP contribution is 2.39. The molecule has 0 bridgehead atoms. The minimum Gasteiger partial charge on any atom is -0.494 e. The number of carbonyl (C=O) groups is 2. The molecule has 2 amide bonds. The Hall–Kier alpha value is -2.04. The van der Waals surface area contributed by atoms with Crippen LogP contribution in [0.5, 0.6) is 5.75 Å². The van der Waals surface area contributed by atoms with E-state index in [-0.39, 0.29) is 17.7 Å². The number of ether oxygens (including phenoxy) is 1. The molecule has 1 aromatic rings. The average molecular weight is 288 g/mol. The van der Waals surface area contributed by atoms with Crippen molar-refractivity contribution in [2.75, 3.05) is 23.9 Å². The van der Waals surface area contributed by atoms with Gasteiger partial charge in [0.05, 0.1) is 12.8 Å². The Kier molecular flexibility index (Phi) is 3.57. The van der Waals surface area contributed by atoms with Gasteiger partial charge in [0.25, 0.3) is 0 Å². The molecule has 2 unspecified atom stereocenters. The fourth-order valence-corrected chi connectivity index (χ4v) is 2.80. The monoisotopic (exact) mass is 288 g/mol. The summed E-state index contributed by atoms with van der Waals surface area (Å²) in [6.07, 6.45) is 2.42. The molecule has 2 fully saturated rings. The van der Waals surface area contributed by atoms with E-state index in [4.69, 9.17) is 4.74 Å². The Morgan fingerprint density at radius 1 is 1.43 bits per heavy atom. The first-order chi connectivity index (χ1) is 10.1. The molecule has 0 radical (unpaired) electrons. The molecule has 1 aliphatic carbocycles. The standard InChI is InChI=1S/C16H20N2O3/c1-10-8-12(10)16(20)17-11-5-6-13(14(9-11)21-2)18-7-3-4-15(18)19/h5-6,9-10,12H,3-4,7-8H2,1-2H3,(H,17,20). The summed E-state index contributed by atoms with van der Waals surface area (Å²) in [4.78, 5) is 25.5. The van der Waals surface area contributed by atoms with Crippen molar-refractivity contribution in [1.82, 2.24) is 0 Å². The minimum absolute atomic E-state index is 0.0644. The Morgan fingerprint density at radius 3 is 2.76 bits per heavy atom. The van der Waals surface area contributed by atoms with E-state index < -0.39 is 0 Å². The van der Waals surface area contributed by atoms with Gasteiger partial charge in [-0.15, -0.1) is 0 Å². The van der Waals surface area contributed by atoms with Gasteiger partial charge in [0.1, 0.15) is 5.75 Å². The number of methoxy groups -OCH3 is 1. The summed E-state index contributed by atoms with van der Waals surface area (Å²) in [6, 6.07) is 5.45. The van der Waals surface area contributed by atoms with Crippen molar-refractivity contribution < 1.29 is 14.3 Å². The van der Waals surface area contributed by atoms with Crippen LogP contribution in [0.2, 0.25) is 0 Å². The zero-order valence-corrected chi connectivity index (χ0v) is 12.4. The van der Waals surface area contributed by atoms with Crippen molar-refractivity contribution in [3.8, 4) is 5.75 Å². The number of amides is 2. The molecule has 1 heterocycles. The van der Waals surface area contributed by atoms with Crippen LogP contribution in [0.25, 0.3) is 0 Å². The maximum absolute atomic E-state index is 12.0. The topological polar surface area (TPSA) is 58.6 Å². The van der Waals surface area contributed by atoms with Crippen LogP contribution >= 0.6 is 0 Å². The minimum atomic E-state index is 0.0644. The molecule has 112 valence electrons. The number of carbonyl (C=O) groups excluding carboxylic acids is 2. The van der Waals surface area contributed by atoms with Gasteiger partial charge in [0.2, 0.25) is 11.8 Å². The summed E-state index contributed by atoms with van der Waals surface area (Å²) in [5.41, 5.74) is 1.49. The lowest BCUT2D eigenvalue weighted by molar-refractivity contribution is -0.118. The van der Waals surface area contributed by atoms with Crippen LogP contribution in [0.15, 0.2) is 18.2 Å². The first kappa shape index (κ1) is 13.9. The van der Waals surface area contributed by atoms with Gasteiger partial charge in [0.15, 0.2) is 0 Å². The lowest BCUT2D eigenvalue weighted by Crippen LogP contribution is -2.24. The summed E-state index contributed by atoms with van der Waals surface area (Å²) >= 11 is 0. The molecule has 1 N–H and O–H groups in total. The number of nitrogens with one attached hydrogen (secondary N) is 1. The lowest BCUT2D eigenvalue weighted by Gasteiger charge is -2.19. The van der Waals surface area contributed by atoms with E-state index in [1.807, 2.05) is 12.1 Å². The van der Waals surface area contributed by atoms with E-state index >= 15 is 0 Å². The normalized spacial score (nSPS) is 24.1. The van der Waals surface area contributed by atoms with Crippen LogP contribution < -0.4 is 15.0 Å². The highest BCUT2D eigenvalue weighted by molar-refractivity contribution is 5.98. The summed E-state index contributed by atoms with van der Waals surface area (Å²) in [5.74, 6) is 1.42. The third-order valence-corrected chi connectivity index (χ3v) is 4.26. The molecule has 1 aliphatic heterocycles. The zero-order valence-electron chi connectivity index (χ0n) is 12.4. The van der Waals surface area contributed by atoms with Gasteiger partial charge in [-0.1, -0.05) is 6.92 Å². The molecule has 21 heavy (non-hydrogen) atoms. The van der Waals surface area contributed by atoms with Crippen LogP contribution in [0.1, 0.15) is 26.2 Å². The van der Waals surface area contributed by atoms with Crippen molar-refractivity contribution in [1.29, 1.82) is 0 Å². The fourth-order valence-electron chi connectivity index (χ4n) is 2.80. The van der Waals surface area contributed by atoms with Crippen molar-refractivity contribution in [2.24, 2.45) is 11.8 Å². The molecule has 1 saturated carbocycles. The van der Waals surface area contributed by atoms with Crippen molar-refractivity contribution in [2.45, 2.75) is 26.2 Å². The SMILES string of the molecule is COc1cc(NC(=O)C2CC2C)ccc1N1CCCC1=O. The van der Waals surface area contributed by atoms with E-state index in [0.29, 0.717) is 23.8 Å². The van der Waals surface area contributed by atoms with E-state index in [2.05, 4.69) is 12.2 Å². The number of nitrogens with zero attached hydrogens (tertiary/aromatic N) is 1. The first-order valence-corrected chi connectivity index (χ1v) is 7.39. The maximum Gasteiger partial charge on any atom is 0.227 e. The van der Waals surface area contributed by atoms with E-state index in [0.717, 1.165) is 25.1 Å². The third-order valence-electron chi connectivity index (χ3n) is 4.26. The molecule has 5 heteroatoms. The predicted octanol–water partition coefficient (Wildman–Crippen LogP) is 2.42. The van der Waals surface area contributed by atoms with E-state index in [1.54, 1.807) is 18.1 Å². The molecule has 5 nitrogen and oxygen atoms in total. The number of hydrogen-bond acceptors (Lipinski definition) is 3. The molecule has 1 aromatic carbocycles. The maximum atomic E-state index is 12.0. The first-order valence-electron chi connectivity index (χ1n) is 7.39. The summed E-state index contributed by atoms with van der Waals surface area (Å²) < 4.78 is 5.38. The highest BCUT2D eigenvalue weighted by atomic mass is 16.5. The number of benzene rings is 1. The Bertz CT molecular complexity index is 585. The summed E-state index contributed by atoms with van der Waals surface area (Å²) in [6.45, 7) is 2.80. The Labute approximate surface area is 124 Å². The van der Waals surface area contributed by atoms with Gasteiger partial charge >= 0.3 is 0 Å². The van der Waals surface area contributed by atoms with Crippen molar-refractivity contribution >= 4 is 23.2 Å². The zero-order chi connectivity index (χ0) is 15.0. The van der Waals surface area contributed by atoms with Gasteiger partial charge < -0.3 is 15.0 Å². The quantitative estimate of drug-likeness (QED) is 0.925. The number of rotatable bonds is 4. The van der Waals surface area contributed by atoms with Gasteiger partial charge in [-0.05, 0) is 30.9 Å². The highest BCUT2D eigenvalue weighted by Gasteiger charge is 2.39. The van der Waals surface area contributed by atoms with E-state index in [1.165, 1.54) is 0 Å². The second-order valence-corrected chi connectivity index (χ2v) is 5.84. The average Bonchev–Trinajstić information content (AvgIpc) is 3.06. The van der Waals surface area contributed by atoms with Crippen molar-refractivity contribution in [3.05, 3.63) is 18.2 Å². The Balaban J connectivity index is 1.78. The smallest absolute Gasteiger partial charge is 0.227 e. The molecule has 0 aromatic heterocycles. The summed E-state index contributed by atoms with van der Waals surface area (Å²) in [7, 11) is 1.58. The molecule has 0 spiro atoms. The van der Waals surface area contributed by atoms with Gasteiger partial charge in [-0.25, -0.2) is 0 Å². The van der Waals surface area contributed by atoms with Gasteiger partial charge in [-0.3, -0.25) is 9.59 Å². The fraction of sp³-hybridized carbons (Fsp3) is 0.500. The van der Waals surface area contributed by atoms with Gasteiger partial charge in [0, 0.05) is 30.6 Å². The molecule has 2 atom stereocenters. The van der Waals surface area contributed by atoms with Crippen LogP contribution in [0.4, 0.5) is 11.4 Å².